The standard InChI is InChI=1S/C27H39N3O6S/c1-27(2,3)36-24(31)14-12-10-8-6-4-5-7-9-11-13-21-15-17-23(18-16-21)37(34,35)30-26-28-19-22(20-29-26)25(32)33/h15-20H,4-14H2,1-3H3,(H,32,33)(H,28,29,30). The molecule has 0 aliphatic carbocycles. The van der Waals surface area contributed by atoms with Crippen LogP contribution in [0.2, 0.25) is 0 Å². The third kappa shape index (κ3) is 12.2. The monoisotopic (exact) mass is 533 g/mol. The Labute approximate surface area is 220 Å². The van der Waals surface area contributed by atoms with Crippen LogP contribution in [0.15, 0.2) is 41.6 Å². The van der Waals surface area contributed by atoms with E-state index in [9.17, 15) is 18.0 Å². The van der Waals surface area contributed by atoms with Crippen molar-refractivity contribution >= 4 is 27.9 Å². The van der Waals surface area contributed by atoms with E-state index in [1.807, 2.05) is 20.8 Å². The third-order valence-corrected chi connectivity index (χ3v) is 6.97. The summed E-state index contributed by atoms with van der Waals surface area (Å²) in [7, 11) is -3.86. The number of rotatable bonds is 16. The van der Waals surface area contributed by atoms with Gasteiger partial charge in [-0.1, -0.05) is 57.1 Å². The van der Waals surface area contributed by atoms with Crippen molar-refractivity contribution in [3.05, 3.63) is 47.8 Å². The maximum atomic E-state index is 12.5. The summed E-state index contributed by atoms with van der Waals surface area (Å²) >= 11 is 0. The number of benzene rings is 1. The molecule has 0 aliphatic rings. The molecular formula is C27H39N3O6S. The fourth-order valence-corrected chi connectivity index (χ4v) is 4.69. The molecule has 0 fully saturated rings. The topological polar surface area (TPSA) is 136 Å². The largest absolute Gasteiger partial charge is 0.478 e. The molecule has 1 aromatic carbocycles. The van der Waals surface area contributed by atoms with Crippen LogP contribution < -0.4 is 4.72 Å². The molecule has 0 bridgehead atoms. The van der Waals surface area contributed by atoms with Gasteiger partial charge in [-0.25, -0.2) is 27.9 Å². The molecule has 1 aromatic heterocycles. The van der Waals surface area contributed by atoms with Crippen molar-refractivity contribution in [2.45, 2.75) is 102 Å². The second-order valence-electron chi connectivity index (χ2n) is 10.1. The zero-order chi connectivity index (χ0) is 27.3. The first-order valence-corrected chi connectivity index (χ1v) is 14.3. The summed E-state index contributed by atoms with van der Waals surface area (Å²) in [5.41, 5.74) is 0.542. The summed E-state index contributed by atoms with van der Waals surface area (Å²) < 4.78 is 32.6. The molecule has 2 N–H and O–H groups in total. The number of nitrogens with one attached hydrogen (secondary N) is 1. The van der Waals surface area contributed by atoms with Crippen molar-refractivity contribution in [2.24, 2.45) is 0 Å². The number of carboxylic acid groups (broad SMARTS) is 1. The fourth-order valence-electron chi connectivity index (χ4n) is 3.73. The Morgan fingerprint density at radius 2 is 1.38 bits per heavy atom. The molecule has 0 saturated carbocycles. The zero-order valence-electron chi connectivity index (χ0n) is 22.0. The number of anilines is 1. The van der Waals surface area contributed by atoms with Gasteiger partial charge in [0.05, 0.1) is 10.5 Å². The van der Waals surface area contributed by atoms with E-state index in [0.29, 0.717) is 6.42 Å². The second kappa shape index (κ2) is 14.7. The number of aryl methyl sites for hydroxylation is 1. The average molecular weight is 534 g/mol. The maximum Gasteiger partial charge on any atom is 0.338 e. The highest BCUT2D eigenvalue weighted by Crippen LogP contribution is 2.17. The van der Waals surface area contributed by atoms with Gasteiger partial charge in [0.25, 0.3) is 10.0 Å². The minimum atomic E-state index is -3.86. The number of sulfonamides is 1. The fraction of sp³-hybridized carbons (Fsp3) is 0.556. The van der Waals surface area contributed by atoms with Crippen LogP contribution in [0.25, 0.3) is 0 Å². The maximum absolute atomic E-state index is 12.5. The normalized spacial score (nSPS) is 11.8. The number of carbonyl (C=O) groups is 2. The van der Waals surface area contributed by atoms with E-state index >= 15 is 0 Å². The van der Waals surface area contributed by atoms with Gasteiger partial charge in [-0.05, 0) is 57.7 Å². The number of hydrogen-bond acceptors (Lipinski definition) is 7. The van der Waals surface area contributed by atoms with Gasteiger partial charge in [0.1, 0.15) is 5.60 Å². The second-order valence-corrected chi connectivity index (χ2v) is 11.8. The predicted molar refractivity (Wildman–Crippen MR) is 142 cm³/mol. The van der Waals surface area contributed by atoms with Gasteiger partial charge in [-0.15, -0.1) is 0 Å². The van der Waals surface area contributed by atoms with Gasteiger partial charge in [0.15, 0.2) is 0 Å². The zero-order valence-corrected chi connectivity index (χ0v) is 22.8. The van der Waals surface area contributed by atoms with Crippen molar-refractivity contribution in [3.63, 3.8) is 0 Å². The van der Waals surface area contributed by atoms with Crippen molar-refractivity contribution in [2.75, 3.05) is 4.72 Å². The van der Waals surface area contributed by atoms with E-state index in [2.05, 4.69) is 14.7 Å². The van der Waals surface area contributed by atoms with Crippen LogP contribution in [0.3, 0.4) is 0 Å². The number of carbonyl (C=O) groups excluding carboxylic acids is 1. The molecule has 0 spiro atoms. The summed E-state index contributed by atoms with van der Waals surface area (Å²) in [4.78, 5) is 30.1. The number of ether oxygens (including phenoxy) is 1. The van der Waals surface area contributed by atoms with Crippen molar-refractivity contribution in [3.8, 4) is 0 Å². The van der Waals surface area contributed by atoms with E-state index in [-0.39, 0.29) is 22.4 Å². The number of hydrogen-bond donors (Lipinski definition) is 2. The highest BCUT2D eigenvalue weighted by atomic mass is 32.2. The molecule has 204 valence electrons. The van der Waals surface area contributed by atoms with Crippen LogP contribution in [-0.2, 0) is 26.0 Å². The van der Waals surface area contributed by atoms with E-state index in [1.54, 1.807) is 24.3 Å². The molecular weight excluding hydrogens is 494 g/mol. The Hall–Kier alpha value is -3.01. The van der Waals surface area contributed by atoms with Crippen LogP contribution in [0, 0.1) is 0 Å². The smallest absolute Gasteiger partial charge is 0.338 e. The molecule has 0 radical (unpaired) electrons. The molecule has 0 unspecified atom stereocenters. The Kier molecular flexibility index (Phi) is 12.0. The highest BCUT2D eigenvalue weighted by molar-refractivity contribution is 7.92. The summed E-state index contributed by atoms with van der Waals surface area (Å²) in [5.74, 6) is -1.48. The molecule has 2 rings (SSSR count). The SMILES string of the molecule is CC(C)(C)OC(=O)CCCCCCCCCCCc1ccc(S(=O)(=O)Nc2ncc(C(=O)O)cn2)cc1. The molecule has 1 heterocycles. The Morgan fingerprint density at radius 3 is 1.89 bits per heavy atom. The lowest BCUT2D eigenvalue weighted by Crippen LogP contribution is -2.23. The van der Waals surface area contributed by atoms with Crippen molar-refractivity contribution < 1.29 is 27.9 Å². The lowest BCUT2D eigenvalue weighted by Gasteiger charge is -2.19. The van der Waals surface area contributed by atoms with Crippen LogP contribution in [0.4, 0.5) is 5.95 Å². The van der Waals surface area contributed by atoms with E-state index < -0.39 is 21.6 Å². The molecule has 0 saturated heterocycles. The Balaban J connectivity index is 1.58. The van der Waals surface area contributed by atoms with Crippen LogP contribution >= 0.6 is 0 Å². The first kappa shape index (κ1) is 30.2. The van der Waals surface area contributed by atoms with E-state index in [1.165, 1.54) is 25.7 Å². The average Bonchev–Trinajstić information content (AvgIpc) is 2.82. The first-order chi connectivity index (χ1) is 17.5. The van der Waals surface area contributed by atoms with Gasteiger partial charge >= 0.3 is 11.9 Å². The van der Waals surface area contributed by atoms with Crippen LogP contribution in [0.5, 0.6) is 0 Å². The minimum absolute atomic E-state index is 0.0910. The number of aromatic carboxylic acids is 1. The van der Waals surface area contributed by atoms with Crippen LogP contribution in [0.1, 0.15) is 101 Å². The van der Waals surface area contributed by atoms with Gasteiger partial charge in [-0.2, -0.15) is 0 Å². The first-order valence-electron chi connectivity index (χ1n) is 12.9. The van der Waals surface area contributed by atoms with Gasteiger partial charge < -0.3 is 9.84 Å². The molecule has 10 heteroatoms. The van der Waals surface area contributed by atoms with Gasteiger partial charge in [0.2, 0.25) is 5.95 Å². The lowest BCUT2D eigenvalue weighted by molar-refractivity contribution is -0.154. The summed E-state index contributed by atoms with van der Waals surface area (Å²) in [5, 5.41) is 8.87. The summed E-state index contributed by atoms with van der Waals surface area (Å²) in [6.45, 7) is 5.66. The number of aromatic nitrogens is 2. The Morgan fingerprint density at radius 1 is 0.865 bits per heavy atom. The number of esters is 1. The Bertz CT molecular complexity index is 1090. The molecule has 0 atom stereocenters. The molecule has 37 heavy (non-hydrogen) atoms. The predicted octanol–water partition coefficient (Wildman–Crippen LogP) is 5.76. The number of unbranched alkanes of at least 4 members (excludes halogenated alkanes) is 8. The van der Waals surface area contributed by atoms with Gasteiger partial charge in [-0.3, -0.25) is 4.79 Å². The summed E-state index contributed by atoms with van der Waals surface area (Å²) in [6.07, 6.45) is 13.5. The van der Waals surface area contributed by atoms with Gasteiger partial charge in [0, 0.05) is 18.8 Å². The lowest BCUT2D eigenvalue weighted by atomic mass is 10.0. The molecule has 0 amide bonds. The van der Waals surface area contributed by atoms with Crippen LogP contribution in [-0.4, -0.2) is 41.0 Å². The third-order valence-electron chi connectivity index (χ3n) is 5.62. The molecule has 9 nitrogen and oxygen atoms in total. The summed E-state index contributed by atoms with van der Waals surface area (Å²) in [6, 6.07) is 6.71. The highest BCUT2D eigenvalue weighted by Gasteiger charge is 2.17. The van der Waals surface area contributed by atoms with E-state index in [4.69, 9.17) is 9.84 Å². The number of carboxylic acids is 1. The number of nitrogens with zero attached hydrogens (tertiary/aromatic N) is 2. The quantitative estimate of drug-likeness (QED) is 0.205. The van der Waals surface area contributed by atoms with E-state index in [0.717, 1.165) is 56.5 Å². The minimum Gasteiger partial charge on any atom is -0.478 e. The molecule has 0 aliphatic heterocycles. The van der Waals surface area contributed by atoms with Crippen molar-refractivity contribution in [1.29, 1.82) is 0 Å². The van der Waals surface area contributed by atoms with Crippen molar-refractivity contribution in [1.82, 2.24) is 9.97 Å². The molecule has 2 aromatic rings.